The van der Waals surface area contributed by atoms with Gasteiger partial charge < -0.3 is 10.6 Å². The first kappa shape index (κ1) is 12.6. The molecule has 1 aliphatic rings. The highest BCUT2D eigenvalue weighted by molar-refractivity contribution is 5.95. The molecule has 1 aliphatic carbocycles. The molecule has 3 nitrogen and oxygen atoms in total. The molecule has 0 heterocycles. The number of halogens is 1. The maximum absolute atomic E-state index is 13.7. The van der Waals surface area contributed by atoms with Crippen molar-refractivity contribution in [1.29, 1.82) is 0 Å². The molecule has 0 atom stereocenters. The van der Waals surface area contributed by atoms with E-state index in [0.717, 1.165) is 12.8 Å². The summed E-state index contributed by atoms with van der Waals surface area (Å²) in [5.74, 6) is 4.69. The molecule has 2 N–H and O–H groups in total. The molecule has 0 bridgehead atoms. The summed E-state index contributed by atoms with van der Waals surface area (Å²) in [6.07, 6.45) is 1.99. The Labute approximate surface area is 106 Å². The zero-order valence-corrected chi connectivity index (χ0v) is 10.2. The van der Waals surface area contributed by atoms with Gasteiger partial charge in [-0.2, -0.15) is 0 Å². The second-order valence-electron chi connectivity index (χ2n) is 4.35. The average molecular weight is 246 g/mol. The molecule has 0 aliphatic heterocycles. The molecule has 1 saturated carbocycles. The van der Waals surface area contributed by atoms with Crippen LogP contribution in [0.15, 0.2) is 18.2 Å². The second kappa shape index (κ2) is 5.19. The third-order valence-corrected chi connectivity index (χ3v) is 2.95. The lowest BCUT2D eigenvalue weighted by atomic mass is 10.1. The third kappa shape index (κ3) is 2.69. The van der Waals surface area contributed by atoms with Crippen molar-refractivity contribution in [2.75, 3.05) is 13.6 Å². The van der Waals surface area contributed by atoms with Gasteiger partial charge in [0, 0.05) is 18.7 Å². The minimum absolute atomic E-state index is 0.0771. The van der Waals surface area contributed by atoms with Gasteiger partial charge in [-0.25, -0.2) is 4.39 Å². The number of hydrogen-bond donors (Lipinski definition) is 1. The molecule has 4 heteroatoms. The summed E-state index contributed by atoms with van der Waals surface area (Å²) in [5.41, 5.74) is 5.96. The number of benzene rings is 1. The van der Waals surface area contributed by atoms with Gasteiger partial charge in [0.15, 0.2) is 0 Å². The monoisotopic (exact) mass is 246 g/mol. The van der Waals surface area contributed by atoms with E-state index in [1.165, 1.54) is 12.1 Å². The third-order valence-electron chi connectivity index (χ3n) is 2.95. The van der Waals surface area contributed by atoms with Crippen LogP contribution in [0.25, 0.3) is 0 Å². The number of hydrogen-bond acceptors (Lipinski definition) is 2. The van der Waals surface area contributed by atoms with Crippen LogP contribution in [0.1, 0.15) is 28.8 Å². The zero-order valence-electron chi connectivity index (χ0n) is 10.2. The maximum atomic E-state index is 13.7. The van der Waals surface area contributed by atoms with Gasteiger partial charge in [0.1, 0.15) is 5.82 Å². The van der Waals surface area contributed by atoms with Crippen molar-refractivity contribution in [3.63, 3.8) is 0 Å². The molecular formula is C14H15FN2O. The van der Waals surface area contributed by atoms with Crippen LogP contribution in [-0.2, 0) is 0 Å². The van der Waals surface area contributed by atoms with Gasteiger partial charge in [-0.1, -0.05) is 11.8 Å². The van der Waals surface area contributed by atoms with Crippen LogP contribution in [0.4, 0.5) is 4.39 Å². The van der Waals surface area contributed by atoms with Crippen molar-refractivity contribution < 1.29 is 9.18 Å². The van der Waals surface area contributed by atoms with E-state index in [2.05, 4.69) is 11.8 Å². The molecule has 0 spiro atoms. The summed E-state index contributed by atoms with van der Waals surface area (Å²) in [7, 11) is 1.71. The Balaban J connectivity index is 2.27. The largest absolute Gasteiger partial charge is 0.339 e. The molecule has 2 rings (SSSR count). The van der Waals surface area contributed by atoms with Crippen LogP contribution in [0, 0.1) is 17.7 Å². The number of carbonyl (C=O) groups is 1. The molecule has 0 unspecified atom stereocenters. The van der Waals surface area contributed by atoms with Crippen LogP contribution < -0.4 is 5.73 Å². The first-order valence-corrected chi connectivity index (χ1v) is 5.89. The van der Waals surface area contributed by atoms with Crippen molar-refractivity contribution in [3.8, 4) is 11.8 Å². The van der Waals surface area contributed by atoms with Crippen LogP contribution >= 0.6 is 0 Å². The molecule has 18 heavy (non-hydrogen) atoms. The minimum Gasteiger partial charge on any atom is -0.339 e. The predicted molar refractivity (Wildman–Crippen MR) is 67.4 cm³/mol. The lowest BCUT2D eigenvalue weighted by molar-refractivity contribution is 0.0780. The quantitative estimate of drug-likeness (QED) is 0.801. The lowest BCUT2D eigenvalue weighted by Gasteiger charge is -2.16. The molecule has 1 amide bonds. The maximum Gasteiger partial charge on any atom is 0.256 e. The summed E-state index contributed by atoms with van der Waals surface area (Å²) < 4.78 is 13.7. The summed E-state index contributed by atoms with van der Waals surface area (Å²) in [6, 6.07) is 4.57. The summed E-state index contributed by atoms with van der Waals surface area (Å²) in [5, 5.41) is 0. The second-order valence-corrected chi connectivity index (χ2v) is 4.35. The Morgan fingerprint density at radius 1 is 1.56 bits per heavy atom. The molecular weight excluding hydrogens is 231 g/mol. The fraction of sp³-hybridized carbons (Fsp3) is 0.357. The highest BCUT2D eigenvalue weighted by Gasteiger charge is 2.31. The lowest BCUT2D eigenvalue weighted by Crippen LogP contribution is -2.29. The summed E-state index contributed by atoms with van der Waals surface area (Å²) >= 11 is 0. The molecule has 0 aromatic heterocycles. The zero-order chi connectivity index (χ0) is 13.1. The fourth-order valence-electron chi connectivity index (χ4n) is 1.74. The van der Waals surface area contributed by atoms with E-state index in [1.807, 2.05) is 0 Å². The Morgan fingerprint density at radius 2 is 2.28 bits per heavy atom. The van der Waals surface area contributed by atoms with Gasteiger partial charge in [0.25, 0.3) is 5.91 Å². The first-order chi connectivity index (χ1) is 8.63. The molecule has 1 aromatic carbocycles. The van der Waals surface area contributed by atoms with Crippen LogP contribution in [0.2, 0.25) is 0 Å². The van der Waals surface area contributed by atoms with Gasteiger partial charge in [-0.05, 0) is 31.0 Å². The minimum atomic E-state index is -0.509. The Kier molecular flexibility index (Phi) is 3.63. The van der Waals surface area contributed by atoms with E-state index in [4.69, 9.17) is 5.73 Å². The normalized spacial score (nSPS) is 13.7. The Hall–Kier alpha value is -1.86. The standard InChI is InChI=1S/C14H15FN2O/c1-17(11-5-6-11)14(18)12-9-10(3-2-8-16)4-7-13(12)15/h4,7,9,11H,5-6,8,16H2,1H3. The molecule has 0 saturated heterocycles. The highest BCUT2D eigenvalue weighted by atomic mass is 19.1. The van der Waals surface area contributed by atoms with Crippen molar-refractivity contribution in [3.05, 3.63) is 35.1 Å². The number of amides is 1. The fourth-order valence-corrected chi connectivity index (χ4v) is 1.74. The molecule has 1 aromatic rings. The number of nitrogens with zero attached hydrogens (tertiary/aromatic N) is 1. The molecule has 94 valence electrons. The summed E-state index contributed by atoms with van der Waals surface area (Å²) in [4.78, 5) is 13.7. The highest BCUT2D eigenvalue weighted by Crippen LogP contribution is 2.27. The Bertz CT molecular complexity index is 526. The van der Waals surface area contributed by atoms with Crippen molar-refractivity contribution >= 4 is 5.91 Å². The average Bonchev–Trinajstić information content (AvgIpc) is 3.20. The van der Waals surface area contributed by atoms with E-state index in [0.29, 0.717) is 5.56 Å². The number of nitrogens with two attached hydrogens (primary N) is 1. The van der Waals surface area contributed by atoms with E-state index >= 15 is 0 Å². The van der Waals surface area contributed by atoms with E-state index in [-0.39, 0.29) is 24.1 Å². The predicted octanol–water partition coefficient (Wildman–Crippen LogP) is 1.37. The van der Waals surface area contributed by atoms with E-state index < -0.39 is 5.82 Å². The summed E-state index contributed by atoms with van der Waals surface area (Å²) in [6.45, 7) is 0.239. The number of rotatable bonds is 2. The SMILES string of the molecule is CN(C(=O)c1cc(C#CCN)ccc1F)C1CC1. The van der Waals surface area contributed by atoms with Gasteiger partial charge in [0.2, 0.25) is 0 Å². The van der Waals surface area contributed by atoms with Gasteiger partial charge in [-0.3, -0.25) is 4.79 Å². The van der Waals surface area contributed by atoms with Crippen LogP contribution in [0.3, 0.4) is 0 Å². The van der Waals surface area contributed by atoms with Gasteiger partial charge in [-0.15, -0.1) is 0 Å². The van der Waals surface area contributed by atoms with Gasteiger partial charge in [0.05, 0.1) is 12.1 Å². The smallest absolute Gasteiger partial charge is 0.256 e. The van der Waals surface area contributed by atoms with Gasteiger partial charge >= 0.3 is 0 Å². The van der Waals surface area contributed by atoms with Crippen molar-refractivity contribution in [2.24, 2.45) is 5.73 Å². The number of carbonyl (C=O) groups excluding carboxylic acids is 1. The Morgan fingerprint density at radius 3 is 2.89 bits per heavy atom. The van der Waals surface area contributed by atoms with Crippen LogP contribution in [0.5, 0.6) is 0 Å². The van der Waals surface area contributed by atoms with Crippen molar-refractivity contribution in [1.82, 2.24) is 4.90 Å². The van der Waals surface area contributed by atoms with Crippen molar-refractivity contribution in [2.45, 2.75) is 18.9 Å². The first-order valence-electron chi connectivity index (χ1n) is 5.89. The van der Waals surface area contributed by atoms with Crippen LogP contribution in [-0.4, -0.2) is 30.4 Å². The van der Waals surface area contributed by atoms with E-state index in [9.17, 15) is 9.18 Å². The topological polar surface area (TPSA) is 46.3 Å². The molecule has 0 radical (unpaired) electrons. The molecule has 1 fully saturated rings. The van der Waals surface area contributed by atoms with E-state index in [1.54, 1.807) is 18.0 Å².